The van der Waals surface area contributed by atoms with E-state index < -0.39 is 17.7 Å². The summed E-state index contributed by atoms with van der Waals surface area (Å²) in [5, 5.41) is 15.3. The third kappa shape index (κ3) is 3.39. The first-order valence-electron chi connectivity index (χ1n) is 11.5. The van der Waals surface area contributed by atoms with Crippen molar-refractivity contribution in [1.29, 1.82) is 0 Å². The van der Waals surface area contributed by atoms with Gasteiger partial charge in [0.1, 0.15) is 5.76 Å². The summed E-state index contributed by atoms with van der Waals surface area (Å²) >= 11 is 1.50. The quantitative estimate of drug-likeness (QED) is 0.171. The zero-order chi connectivity index (χ0) is 24.1. The predicted molar refractivity (Wildman–Crippen MR) is 138 cm³/mol. The fourth-order valence-electron chi connectivity index (χ4n) is 5.04. The molecule has 7 heteroatoms. The van der Waals surface area contributed by atoms with Gasteiger partial charge in [-0.1, -0.05) is 36.4 Å². The van der Waals surface area contributed by atoms with Gasteiger partial charge in [0.25, 0.3) is 11.7 Å². The third-order valence-electron chi connectivity index (χ3n) is 6.83. The van der Waals surface area contributed by atoms with Crippen LogP contribution in [0.1, 0.15) is 27.6 Å². The van der Waals surface area contributed by atoms with Gasteiger partial charge in [0.05, 0.1) is 11.6 Å². The second kappa shape index (κ2) is 8.29. The van der Waals surface area contributed by atoms with Crippen LogP contribution in [0.25, 0.3) is 27.6 Å². The second-order valence-electron chi connectivity index (χ2n) is 8.82. The maximum absolute atomic E-state index is 13.4. The molecule has 0 bridgehead atoms. The largest absolute Gasteiger partial charge is 0.507 e. The standard InChI is InChI=1S/C28H23N3O3S/c1-16-11-13-35-27(16)24-23(25(32)20-15-30-22-9-5-3-7-19(20)22)26(33)28(34)31(24)12-10-17-14-29-21-8-4-2-6-18(17)21/h2-9,11,13-15,24,29-30,32H,10,12H2,1H3/b25-23+. The van der Waals surface area contributed by atoms with Gasteiger partial charge in [-0.15, -0.1) is 11.3 Å². The van der Waals surface area contributed by atoms with Crippen LogP contribution in [0.2, 0.25) is 0 Å². The molecule has 0 saturated carbocycles. The van der Waals surface area contributed by atoms with Gasteiger partial charge in [-0.25, -0.2) is 0 Å². The van der Waals surface area contributed by atoms with Crippen molar-refractivity contribution in [2.24, 2.45) is 0 Å². The van der Waals surface area contributed by atoms with Gasteiger partial charge < -0.3 is 20.0 Å². The molecule has 1 aliphatic heterocycles. The van der Waals surface area contributed by atoms with E-state index in [0.717, 1.165) is 37.8 Å². The van der Waals surface area contributed by atoms with E-state index >= 15 is 0 Å². The van der Waals surface area contributed by atoms with Crippen LogP contribution in [0, 0.1) is 6.92 Å². The number of thiophene rings is 1. The van der Waals surface area contributed by atoms with Crippen LogP contribution in [-0.2, 0) is 16.0 Å². The zero-order valence-electron chi connectivity index (χ0n) is 19.0. The number of para-hydroxylation sites is 2. The molecule has 1 fully saturated rings. The predicted octanol–water partition coefficient (Wildman–Crippen LogP) is 5.68. The number of H-pyrrole nitrogens is 2. The lowest BCUT2D eigenvalue weighted by molar-refractivity contribution is -0.139. The highest BCUT2D eigenvalue weighted by Gasteiger charge is 2.47. The molecule has 6 nitrogen and oxygen atoms in total. The van der Waals surface area contributed by atoms with Crippen LogP contribution in [0.4, 0.5) is 0 Å². The Morgan fingerprint density at radius 3 is 2.40 bits per heavy atom. The topological polar surface area (TPSA) is 89.2 Å². The molecule has 1 saturated heterocycles. The maximum Gasteiger partial charge on any atom is 0.295 e. The summed E-state index contributed by atoms with van der Waals surface area (Å²) in [4.78, 5) is 35.6. The van der Waals surface area contributed by atoms with E-state index in [1.165, 1.54) is 11.3 Å². The van der Waals surface area contributed by atoms with Crippen molar-refractivity contribution >= 4 is 50.6 Å². The monoisotopic (exact) mass is 481 g/mol. The molecular weight excluding hydrogens is 458 g/mol. The van der Waals surface area contributed by atoms with Gasteiger partial charge in [0, 0.05) is 51.2 Å². The first-order chi connectivity index (χ1) is 17.0. The molecule has 6 rings (SSSR count). The van der Waals surface area contributed by atoms with Gasteiger partial charge in [-0.3, -0.25) is 9.59 Å². The smallest absolute Gasteiger partial charge is 0.295 e. The Hall–Kier alpha value is -4.10. The summed E-state index contributed by atoms with van der Waals surface area (Å²) in [6.07, 6.45) is 4.24. The third-order valence-corrected chi connectivity index (χ3v) is 7.90. The molecule has 35 heavy (non-hydrogen) atoms. The SMILES string of the molecule is Cc1ccsc1C1/C(=C(\O)c2c[nH]c3ccccc23)C(=O)C(=O)N1CCc1c[nH]c2ccccc12. The van der Waals surface area contributed by atoms with E-state index in [1.807, 2.05) is 73.1 Å². The number of aliphatic hydroxyl groups is 1. The van der Waals surface area contributed by atoms with Gasteiger partial charge in [-0.05, 0) is 48.1 Å². The van der Waals surface area contributed by atoms with Crippen molar-refractivity contribution in [3.05, 3.63) is 99.5 Å². The number of benzene rings is 2. The maximum atomic E-state index is 13.4. The van der Waals surface area contributed by atoms with Crippen molar-refractivity contribution in [3.63, 3.8) is 0 Å². The lowest BCUT2D eigenvalue weighted by Gasteiger charge is -2.24. The van der Waals surface area contributed by atoms with Crippen LogP contribution in [0.15, 0.2) is 77.9 Å². The Bertz CT molecular complexity index is 1640. The van der Waals surface area contributed by atoms with Crippen molar-refractivity contribution in [2.75, 3.05) is 6.54 Å². The lowest BCUT2D eigenvalue weighted by Crippen LogP contribution is -2.31. The lowest BCUT2D eigenvalue weighted by atomic mass is 9.98. The Morgan fingerprint density at radius 1 is 0.971 bits per heavy atom. The molecule has 4 heterocycles. The van der Waals surface area contributed by atoms with E-state index in [1.54, 1.807) is 11.1 Å². The summed E-state index contributed by atoms with van der Waals surface area (Å²) in [6, 6.07) is 17.0. The number of likely N-dealkylation sites (tertiary alicyclic amines) is 1. The fraction of sp³-hybridized carbons (Fsp3) is 0.143. The fourth-order valence-corrected chi connectivity index (χ4v) is 6.09. The van der Waals surface area contributed by atoms with Gasteiger partial charge in [0.2, 0.25) is 0 Å². The molecule has 0 aliphatic carbocycles. The van der Waals surface area contributed by atoms with Gasteiger partial charge in [-0.2, -0.15) is 0 Å². The van der Waals surface area contributed by atoms with E-state index in [4.69, 9.17) is 0 Å². The minimum atomic E-state index is -0.649. The summed E-state index contributed by atoms with van der Waals surface area (Å²) < 4.78 is 0. The van der Waals surface area contributed by atoms with E-state index in [0.29, 0.717) is 18.5 Å². The average molecular weight is 482 g/mol. The number of nitrogens with one attached hydrogen (secondary N) is 2. The Morgan fingerprint density at radius 2 is 1.66 bits per heavy atom. The van der Waals surface area contributed by atoms with E-state index in [9.17, 15) is 14.7 Å². The number of hydrogen-bond donors (Lipinski definition) is 3. The summed E-state index contributed by atoms with van der Waals surface area (Å²) in [5.74, 6) is -1.37. The number of amides is 1. The number of carbonyl (C=O) groups excluding carboxylic acids is 2. The number of aryl methyl sites for hydroxylation is 1. The highest BCUT2D eigenvalue weighted by molar-refractivity contribution is 7.10. The number of rotatable bonds is 5. The first-order valence-corrected chi connectivity index (χ1v) is 12.4. The molecule has 0 spiro atoms. The normalized spacial score (nSPS) is 17.7. The number of aromatic nitrogens is 2. The molecule has 1 unspecified atom stereocenters. The molecule has 0 radical (unpaired) electrons. The number of fused-ring (bicyclic) bond motifs is 2. The highest BCUT2D eigenvalue weighted by Crippen LogP contribution is 2.43. The van der Waals surface area contributed by atoms with Crippen molar-refractivity contribution in [1.82, 2.24) is 14.9 Å². The minimum absolute atomic E-state index is 0.143. The first kappa shape index (κ1) is 21.4. The van der Waals surface area contributed by atoms with E-state index in [-0.39, 0.29) is 11.3 Å². The molecular formula is C28H23N3O3S. The minimum Gasteiger partial charge on any atom is -0.507 e. The summed E-state index contributed by atoms with van der Waals surface area (Å²) in [6.45, 7) is 2.33. The zero-order valence-corrected chi connectivity index (χ0v) is 19.9. The summed E-state index contributed by atoms with van der Waals surface area (Å²) in [5.41, 5.74) is 4.63. The number of Topliss-reactive ketones (excluding diaryl/α,β-unsaturated/α-hetero) is 1. The van der Waals surface area contributed by atoms with Crippen molar-refractivity contribution in [2.45, 2.75) is 19.4 Å². The van der Waals surface area contributed by atoms with Gasteiger partial charge in [0.15, 0.2) is 0 Å². The van der Waals surface area contributed by atoms with Gasteiger partial charge >= 0.3 is 0 Å². The second-order valence-corrected chi connectivity index (χ2v) is 9.77. The molecule has 3 N–H and O–H groups in total. The highest BCUT2D eigenvalue weighted by atomic mass is 32.1. The van der Waals surface area contributed by atoms with Crippen molar-refractivity contribution in [3.8, 4) is 0 Å². The van der Waals surface area contributed by atoms with Crippen LogP contribution in [-0.4, -0.2) is 38.2 Å². The molecule has 3 aromatic heterocycles. The number of carbonyl (C=O) groups is 2. The summed E-state index contributed by atoms with van der Waals surface area (Å²) in [7, 11) is 0. The van der Waals surface area contributed by atoms with Crippen LogP contribution < -0.4 is 0 Å². The number of hydrogen-bond acceptors (Lipinski definition) is 4. The van der Waals surface area contributed by atoms with E-state index in [2.05, 4.69) is 9.97 Å². The van der Waals surface area contributed by atoms with Crippen LogP contribution in [0.5, 0.6) is 0 Å². The molecule has 1 atom stereocenters. The number of ketones is 1. The molecule has 1 aliphatic rings. The Balaban J connectivity index is 1.44. The number of nitrogens with zero attached hydrogens (tertiary/aromatic N) is 1. The van der Waals surface area contributed by atoms with Crippen LogP contribution >= 0.6 is 11.3 Å². The van der Waals surface area contributed by atoms with Crippen LogP contribution in [0.3, 0.4) is 0 Å². The van der Waals surface area contributed by atoms with Crippen molar-refractivity contribution < 1.29 is 14.7 Å². The Kier molecular flexibility index (Phi) is 5.07. The number of aromatic amines is 2. The molecule has 174 valence electrons. The molecule has 1 amide bonds. The Labute approximate surface area is 205 Å². The number of aliphatic hydroxyl groups excluding tert-OH is 1. The average Bonchev–Trinajstić information content (AvgIpc) is 3.64. The molecule has 5 aromatic rings. The molecule has 2 aromatic carbocycles.